The highest BCUT2D eigenvalue weighted by molar-refractivity contribution is 7.99. The first-order chi connectivity index (χ1) is 15.5. The number of thioether (sulfide) groups is 1. The first kappa shape index (κ1) is 22.6. The Morgan fingerprint density at radius 1 is 1.31 bits per heavy atom. The Balaban J connectivity index is 1.63. The van der Waals surface area contributed by atoms with Gasteiger partial charge in [-0.3, -0.25) is 14.4 Å². The van der Waals surface area contributed by atoms with E-state index in [9.17, 15) is 10.0 Å². The molecule has 0 unspecified atom stereocenters. The van der Waals surface area contributed by atoms with Crippen LogP contribution in [0.1, 0.15) is 61.1 Å². The number of aromatic nitrogens is 3. The van der Waals surface area contributed by atoms with Gasteiger partial charge in [-0.25, -0.2) is 4.98 Å². The first-order valence-electron chi connectivity index (χ1n) is 11.6. The van der Waals surface area contributed by atoms with Gasteiger partial charge >= 0.3 is 0 Å². The summed E-state index contributed by atoms with van der Waals surface area (Å²) >= 11 is 1.79. The van der Waals surface area contributed by atoms with Crippen LogP contribution >= 0.6 is 11.8 Å². The average molecular weight is 454 g/mol. The van der Waals surface area contributed by atoms with Crippen LogP contribution < -0.4 is 9.63 Å². The highest BCUT2D eigenvalue weighted by atomic mass is 32.2. The van der Waals surface area contributed by atoms with E-state index in [0.29, 0.717) is 12.8 Å². The van der Waals surface area contributed by atoms with Crippen LogP contribution in [0.15, 0.2) is 41.8 Å². The van der Waals surface area contributed by atoms with Crippen molar-refractivity contribution in [1.29, 1.82) is 0 Å². The minimum absolute atomic E-state index is 0.115. The standard InChI is InChI=1S/C25H33N4O2S/c1-4-13-32-24-15-26-25-22(27-11-9-18(2)10-12-27)14-21(17-28(24)25)23(30)8-7-20-6-5-19(3)29(31)16-20/h5-6,14-18,31H,4,7-13H2,1-3H3/q+1. The van der Waals surface area contributed by atoms with Gasteiger partial charge in [0.1, 0.15) is 0 Å². The molecule has 0 radical (unpaired) electrons. The van der Waals surface area contributed by atoms with Crippen molar-refractivity contribution >= 4 is 28.9 Å². The number of hydrogen-bond acceptors (Lipinski definition) is 5. The number of rotatable bonds is 8. The molecule has 3 aromatic rings. The van der Waals surface area contributed by atoms with Crippen molar-refractivity contribution in [3.63, 3.8) is 0 Å². The number of Topliss-reactive ketones (excluding diaryl/α,β-unsaturated/α-hetero) is 1. The topological polar surface area (TPSA) is 61.7 Å². The molecule has 0 atom stereocenters. The number of hydrogen-bond donors (Lipinski definition) is 1. The minimum Gasteiger partial charge on any atom is -0.368 e. The van der Waals surface area contributed by atoms with Crippen LogP contribution in [0.5, 0.6) is 0 Å². The fraction of sp³-hybridized carbons (Fsp3) is 0.480. The fourth-order valence-corrected chi connectivity index (χ4v) is 4.97. The summed E-state index contributed by atoms with van der Waals surface area (Å²) in [5.41, 5.74) is 4.44. The van der Waals surface area contributed by atoms with E-state index < -0.39 is 0 Å². The van der Waals surface area contributed by atoms with E-state index in [1.54, 1.807) is 18.0 Å². The summed E-state index contributed by atoms with van der Waals surface area (Å²) in [5.74, 6) is 1.88. The molecule has 0 aromatic carbocycles. The molecule has 1 aliphatic heterocycles. The van der Waals surface area contributed by atoms with Crippen LogP contribution in [0, 0.1) is 12.8 Å². The van der Waals surface area contributed by atoms with Crippen LogP contribution in [0.25, 0.3) is 5.65 Å². The lowest BCUT2D eigenvalue weighted by Crippen LogP contribution is -2.33. The number of pyridine rings is 2. The molecule has 1 aliphatic rings. The van der Waals surface area contributed by atoms with Crippen LogP contribution in [0.2, 0.25) is 0 Å². The maximum Gasteiger partial charge on any atom is 0.231 e. The molecule has 0 aliphatic carbocycles. The molecule has 7 heteroatoms. The first-order valence-corrected chi connectivity index (χ1v) is 12.6. The monoisotopic (exact) mass is 453 g/mol. The minimum atomic E-state index is 0.115. The van der Waals surface area contributed by atoms with Crippen molar-refractivity contribution in [3.05, 3.63) is 53.6 Å². The fourth-order valence-electron chi connectivity index (χ4n) is 4.15. The molecule has 1 saturated heterocycles. The number of carbonyl (C=O) groups excluding carboxylic acids is 1. The summed E-state index contributed by atoms with van der Waals surface area (Å²) in [6.07, 6.45) is 9.99. The van der Waals surface area contributed by atoms with Gasteiger partial charge in [0.05, 0.1) is 16.9 Å². The molecule has 170 valence electrons. The van der Waals surface area contributed by atoms with Gasteiger partial charge in [-0.2, -0.15) is 0 Å². The molecule has 4 rings (SSSR count). The Morgan fingerprint density at radius 3 is 2.81 bits per heavy atom. The summed E-state index contributed by atoms with van der Waals surface area (Å²) in [6, 6.07) is 5.87. The van der Waals surface area contributed by atoms with Crippen molar-refractivity contribution in [2.75, 3.05) is 23.7 Å². The van der Waals surface area contributed by atoms with E-state index in [1.807, 2.05) is 37.5 Å². The van der Waals surface area contributed by atoms with E-state index in [2.05, 4.69) is 23.1 Å². The molecular formula is C25H33N4O2S+. The Morgan fingerprint density at radius 2 is 2.09 bits per heavy atom. The third-order valence-electron chi connectivity index (χ3n) is 6.28. The smallest absolute Gasteiger partial charge is 0.231 e. The van der Waals surface area contributed by atoms with E-state index in [-0.39, 0.29) is 5.78 Å². The zero-order valence-electron chi connectivity index (χ0n) is 19.3. The zero-order valence-corrected chi connectivity index (χ0v) is 20.1. The molecule has 6 nitrogen and oxygen atoms in total. The Bertz CT molecular complexity index is 1100. The number of fused-ring (bicyclic) bond motifs is 1. The van der Waals surface area contributed by atoms with Crippen LogP contribution in [0.3, 0.4) is 0 Å². The van der Waals surface area contributed by atoms with E-state index in [4.69, 9.17) is 4.98 Å². The third-order valence-corrected chi connectivity index (χ3v) is 7.49. The van der Waals surface area contributed by atoms with Crippen molar-refractivity contribution in [3.8, 4) is 0 Å². The quantitative estimate of drug-likeness (QED) is 0.231. The van der Waals surface area contributed by atoms with Crippen LogP contribution in [-0.2, 0) is 6.42 Å². The Labute approximate surface area is 194 Å². The average Bonchev–Trinajstić information content (AvgIpc) is 3.21. The second-order valence-corrected chi connectivity index (χ2v) is 9.98. The maximum absolute atomic E-state index is 13.2. The Kier molecular flexibility index (Phi) is 7.04. The van der Waals surface area contributed by atoms with Crippen LogP contribution in [0.4, 0.5) is 5.69 Å². The highest BCUT2D eigenvalue weighted by Crippen LogP contribution is 2.31. The summed E-state index contributed by atoms with van der Waals surface area (Å²) in [7, 11) is 0. The molecule has 0 bridgehead atoms. The van der Waals surface area contributed by atoms with E-state index in [0.717, 1.165) is 81.9 Å². The van der Waals surface area contributed by atoms with E-state index >= 15 is 0 Å². The number of anilines is 1. The largest absolute Gasteiger partial charge is 0.368 e. The predicted octanol–water partition coefficient (Wildman–Crippen LogP) is 4.72. The van der Waals surface area contributed by atoms with Gasteiger partial charge in [-0.05, 0) is 49.5 Å². The molecule has 0 amide bonds. The summed E-state index contributed by atoms with van der Waals surface area (Å²) < 4.78 is 3.22. The molecule has 0 spiro atoms. The lowest BCUT2D eigenvalue weighted by atomic mass is 9.98. The molecule has 4 heterocycles. The summed E-state index contributed by atoms with van der Waals surface area (Å²) in [6.45, 7) is 8.32. The molecule has 32 heavy (non-hydrogen) atoms. The van der Waals surface area contributed by atoms with Gasteiger partial charge in [0, 0.05) is 54.6 Å². The predicted molar refractivity (Wildman–Crippen MR) is 128 cm³/mol. The normalized spacial score (nSPS) is 14.9. The number of aryl methyl sites for hydroxylation is 2. The number of carbonyl (C=O) groups is 1. The number of nitrogens with zero attached hydrogens (tertiary/aromatic N) is 4. The van der Waals surface area contributed by atoms with E-state index in [1.165, 1.54) is 0 Å². The molecule has 1 fully saturated rings. The Hall–Kier alpha value is -2.54. The second-order valence-electron chi connectivity index (χ2n) is 8.87. The van der Waals surface area contributed by atoms with Gasteiger partial charge in [-0.15, -0.1) is 11.8 Å². The maximum atomic E-state index is 13.2. The third kappa shape index (κ3) is 4.93. The molecule has 3 aromatic heterocycles. The van der Waals surface area contributed by atoms with Crippen molar-refractivity contribution in [2.45, 2.75) is 57.9 Å². The van der Waals surface area contributed by atoms with Crippen molar-refractivity contribution in [1.82, 2.24) is 9.38 Å². The number of piperidine rings is 1. The van der Waals surface area contributed by atoms with Crippen molar-refractivity contribution in [2.24, 2.45) is 5.92 Å². The van der Waals surface area contributed by atoms with Gasteiger partial charge in [0.15, 0.2) is 11.4 Å². The van der Waals surface area contributed by atoms with Gasteiger partial charge in [-0.1, -0.05) is 13.8 Å². The van der Waals surface area contributed by atoms with Crippen LogP contribution in [-0.4, -0.2) is 39.2 Å². The zero-order chi connectivity index (χ0) is 22.7. The SMILES string of the molecule is CCCSc1cnc2c(N3CCC(C)CC3)cc(C(=O)CCc3ccc(C)[n+](O)c3)cn12. The number of ketones is 1. The second kappa shape index (κ2) is 9.94. The lowest BCUT2D eigenvalue weighted by molar-refractivity contribution is -0.909. The van der Waals surface area contributed by atoms with Gasteiger partial charge in [0.25, 0.3) is 0 Å². The summed E-state index contributed by atoms with van der Waals surface area (Å²) in [5, 5.41) is 11.0. The highest BCUT2D eigenvalue weighted by Gasteiger charge is 2.22. The molecule has 0 saturated carbocycles. The van der Waals surface area contributed by atoms with Gasteiger partial charge in [0.2, 0.25) is 11.9 Å². The number of imidazole rings is 1. The summed E-state index contributed by atoms with van der Waals surface area (Å²) in [4.78, 5) is 20.3. The van der Waals surface area contributed by atoms with Gasteiger partial charge < -0.3 is 4.90 Å². The lowest BCUT2D eigenvalue weighted by Gasteiger charge is -2.32. The molecular weight excluding hydrogens is 420 g/mol. The van der Waals surface area contributed by atoms with Crippen molar-refractivity contribution < 1.29 is 14.7 Å². The molecule has 1 N–H and O–H groups in total.